The van der Waals surface area contributed by atoms with Crippen LogP contribution in [-0.4, -0.2) is 60.9 Å². The minimum Gasteiger partial charge on any atom is -0.369 e. The van der Waals surface area contributed by atoms with Crippen LogP contribution in [0.3, 0.4) is 0 Å². The first-order chi connectivity index (χ1) is 15.4. The van der Waals surface area contributed by atoms with Crippen molar-refractivity contribution in [2.24, 2.45) is 5.92 Å². The molecule has 0 radical (unpaired) electrons. The van der Waals surface area contributed by atoms with Gasteiger partial charge in [-0.25, -0.2) is 0 Å². The topological polar surface area (TPSA) is 55.9 Å². The van der Waals surface area contributed by atoms with Crippen LogP contribution in [0.25, 0.3) is 0 Å². The molecule has 2 heterocycles. The minimum absolute atomic E-state index is 0.0454. The van der Waals surface area contributed by atoms with Crippen molar-refractivity contribution in [1.82, 2.24) is 9.80 Å². The monoisotopic (exact) mass is 434 g/mol. The lowest BCUT2D eigenvalue weighted by molar-refractivity contribution is -0.128. The molecule has 0 aliphatic carbocycles. The van der Waals surface area contributed by atoms with Crippen molar-refractivity contribution in [2.75, 3.05) is 49.5 Å². The smallest absolute Gasteiger partial charge is 0.229 e. The first-order valence-electron chi connectivity index (χ1n) is 11.6. The SMILES string of the molecule is CCN1CCN(c2ccc(NC(=O)C3CC(=O)N(Cc4ccc(C)cc4)C3)c(C)c2)CC1. The van der Waals surface area contributed by atoms with Gasteiger partial charge in [-0.3, -0.25) is 9.59 Å². The first kappa shape index (κ1) is 22.3. The van der Waals surface area contributed by atoms with Gasteiger partial charge in [0.05, 0.1) is 5.92 Å². The van der Waals surface area contributed by atoms with Crippen molar-refractivity contribution in [3.05, 3.63) is 59.2 Å². The summed E-state index contributed by atoms with van der Waals surface area (Å²) in [6.45, 7) is 12.6. The quantitative estimate of drug-likeness (QED) is 0.757. The Balaban J connectivity index is 1.34. The number of carbonyl (C=O) groups excluding carboxylic acids is 2. The Morgan fingerprint density at radius 1 is 1.03 bits per heavy atom. The van der Waals surface area contributed by atoms with Crippen molar-refractivity contribution in [3.63, 3.8) is 0 Å². The van der Waals surface area contributed by atoms with Crippen molar-refractivity contribution in [3.8, 4) is 0 Å². The van der Waals surface area contributed by atoms with E-state index in [-0.39, 0.29) is 24.2 Å². The van der Waals surface area contributed by atoms with Gasteiger partial charge in [0, 0.05) is 57.1 Å². The number of nitrogens with zero attached hydrogens (tertiary/aromatic N) is 3. The largest absolute Gasteiger partial charge is 0.369 e. The Kier molecular flexibility index (Phi) is 6.80. The fourth-order valence-electron chi connectivity index (χ4n) is 4.56. The number of rotatable bonds is 6. The number of likely N-dealkylation sites (tertiary alicyclic amines) is 1. The zero-order valence-corrected chi connectivity index (χ0v) is 19.4. The molecule has 2 amide bonds. The summed E-state index contributed by atoms with van der Waals surface area (Å²) in [6, 6.07) is 14.4. The second-order valence-electron chi connectivity index (χ2n) is 9.07. The van der Waals surface area contributed by atoms with Gasteiger partial charge in [0.25, 0.3) is 0 Å². The van der Waals surface area contributed by atoms with Crippen LogP contribution < -0.4 is 10.2 Å². The molecule has 2 aromatic rings. The number of hydrogen-bond donors (Lipinski definition) is 1. The van der Waals surface area contributed by atoms with Crippen LogP contribution >= 0.6 is 0 Å². The number of nitrogens with one attached hydrogen (secondary N) is 1. The number of piperazine rings is 1. The minimum atomic E-state index is -0.311. The molecule has 1 atom stereocenters. The summed E-state index contributed by atoms with van der Waals surface area (Å²) in [5, 5.41) is 3.07. The molecule has 32 heavy (non-hydrogen) atoms. The summed E-state index contributed by atoms with van der Waals surface area (Å²) >= 11 is 0. The summed E-state index contributed by atoms with van der Waals surface area (Å²) in [6.07, 6.45) is 0.274. The van der Waals surface area contributed by atoms with E-state index in [1.807, 2.05) is 32.0 Å². The van der Waals surface area contributed by atoms with E-state index in [1.165, 1.54) is 11.3 Å². The van der Waals surface area contributed by atoms with E-state index in [0.29, 0.717) is 13.1 Å². The molecular formula is C26H34N4O2. The molecule has 4 rings (SSSR count). The summed E-state index contributed by atoms with van der Waals surface area (Å²) in [7, 11) is 0. The predicted molar refractivity (Wildman–Crippen MR) is 129 cm³/mol. The average Bonchev–Trinajstić information content (AvgIpc) is 3.17. The van der Waals surface area contributed by atoms with Crippen LogP contribution in [0.5, 0.6) is 0 Å². The van der Waals surface area contributed by atoms with Crippen LogP contribution in [0.4, 0.5) is 11.4 Å². The summed E-state index contributed by atoms with van der Waals surface area (Å²) in [4.78, 5) is 32.0. The highest BCUT2D eigenvalue weighted by atomic mass is 16.2. The van der Waals surface area contributed by atoms with E-state index in [2.05, 4.69) is 46.3 Å². The van der Waals surface area contributed by atoms with E-state index in [0.717, 1.165) is 49.5 Å². The summed E-state index contributed by atoms with van der Waals surface area (Å²) in [5.74, 6) is -0.338. The lowest BCUT2D eigenvalue weighted by atomic mass is 10.1. The number of benzene rings is 2. The maximum atomic E-state index is 12.9. The second-order valence-corrected chi connectivity index (χ2v) is 9.07. The number of aryl methyl sites for hydroxylation is 2. The number of anilines is 2. The van der Waals surface area contributed by atoms with Crippen LogP contribution in [0.2, 0.25) is 0 Å². The first-order valence-corrected chi connectivity index (χ1v) is 11.6. The van der Waals surface area contributed by atoms with Gasteiger partial charge in [0.2, 0.25) is 11.8 Å². The number of likely N-dealkylation sites (N-methyl/N-ethyl adjacent to an activating group) is 1. The molecule has 0 saturated carbocycles. The average molecular weight is 435 g/mol. The Morgan fingerprint density at radius 3 is 2.41 bits per heavy atom. The molecule has 2 aromatic carbocycles. The third-order valence-corrected chi connectivity index (χ3v) is 6.73. The van der Waals surface area contributed by atoms with Crippen molar-refractivity contribution in [2.45, 2.75) is 33.7 Å². The maximum absolute atomic E-state index is 12.9. The molecule has 1 N–H and O–H groups in total. The van der Waals surface area contributed by atoms with Crippen LogP contribution in [0.1, 0.15) is 30.0 Å². The van der Waals surface area contributed by atoms with E-state index >= 15 is 0 Å². The summed E-state index contributed by atoms with van der Waals surface area (Å²) in [5.41, 5.74) is 5.38. The molecule has 1 unspecified atom stereocenters. The highest BCUT2D eigenvalue weighted by Gasteiger charge is 2.34. The molecule has 170 valence electrons. The Morgan fingerprint density at radius 2 is 1.75 bits per heavy atom. The van der Waals surface area contributed by atoms with Crippen molar-refractivity contribution in [1.29, 1.82) is 0 Å². The fraction of sp³-hybridized carbons (Fsp3) is 0.462. The van der Waals surface area contributed by atoms with Gasteiger partial charge >= 0.3 is 0 Å². The van der Waals surface area contributed by atoms with E-state index < -0.39 is 0 Å². The molecule has 6 nitrogen and oxygen atoms in total. The highest BCUT2D eigenvalue weighted by Crippen LogP contribution is 2.26. The molecule has 2 aliphatic rings. The van der Waals surface area contributed by atoms with Crippen molar-refractivity contribution >= 4 is 23.2 Å². The van der Waals surface area contributed by atoms with E-state index in [1.54, 1.807) is 4.90 Å². The van der Waals surface area contributed by atoms with Gasteiger partial charge in [-0.2, -0.15) is 0 Å². The van der Waals surface area contributed by atoms with Gasteiger partial charge in [-0.1, -0.05) is 36.8 Å². The molecule has 0 bridgehead atoms. The van der Waals surface area contributed by atoms with Crippen LogP contribution in [0.15, 0.2) is 42.5 Å². The Labute approximate surface area is 191 Å². The highest BCUT2D eigenvalue weighted by molar-refractivity contribution is 5.97. The number of carbonyl (C=O) groups is 2. The van der Waals surface area contributed by atoms with Gasteiger partial charge in [0.1, 0.15) is 0 Å². The van der Waals surface area contributed by atoms with Gasteiger partial charge < -0.3 is 20.0 Å². The molecule has 2 fully saturated rings. The Hall–Kier alpha value is -2.86. The second kappa shape index (κ2) is 9.74. The van der Waals surface area contributed by atoms with Crippen LogP contribution in [0, 0.1) is 19.8 Å². The lowest BCUT2D eigenvalue weighted by Gasteiger charge is -2.35. The molecule has 0 spiro atoms. The molecule has 6 heteroatoms. The molecule has 0 aromatic heterocycles. The predicted octanol–water partition coefficient (Wildman–Crippen LogP) is 3.43. The zero-order valence-electron chi connectivity index (χ0n) is 19.4. The normalized spacial score (nSPS) is 19.5. The number of hydrogen-bond acceptors (Lipinski definition) is 4. The lowest BCUT2D eigenvalue weighted by Crippen LogP contribution is -2.46. The molecule has 2 saturated heterocycles. The summed E-state index contributed by atoms with van der Waals surface area (Å²) < 4.78 is 0. The van der Waals surface area contributed by atoms with Gasteiger partial charge in [0.15, 0.2) is 0 Å². The molecule has 2 aliphatic heterocycles. The fourth-order valence-corrected chi connectivity index (χ4v) is 4.56. The maximum Gasteiger partial charge on any atom is 0.229 e. The third-order valence-electron chi connectivity index (χ3n) is 6.73. The van der Waals surface area contributed by atoms with E-state index in [9.17, 15) is 9.59 Å². The Bertz CT molecular complexity index is 964. The van der Waals surface area contributed by atoms with Gasteiger partial charge in [-0.05, 0) is 49.7 Å². The standard InChI is InChI=1S/C26H34N4O2/c1-4-28-11-13-29(14-12-28)23-9-10-24(20(3)15-23)27-26(32)22-16-25(31)30(18-22)17-21-7-5-19(2)6-8-21/h5-10,15,22H,4,11-14,16-18H2,1-3H3,(H,27,32). The number of amides is 2. The van der Waals surface area contributed by atoms with Crippen molar-refractivity contribution < 1.29 is 9.59 Å². The molecular weight excluding hydrogens is 400 g/mol. The zero-order chi connectivity index (χ0) is 22.7. The van der Waals surface area contributed by atoms with Gasteiger partial charge in [-0.15, -0.1) is 0 Å². The van der Waals surface area contributed by atoms with E-state index in [4.69, 9.17) is 0 Å². The van der Waals surface area contributed by atoms with Crippen LogP contribution in [-0.2, 0) is 16.1 Å². The third kappa shape index (κ3) is 5.13.